The summed E-state index contributed by atoms with van der Waals surface area (Å²) in [7, 11) is 2.47. The van der Waals surface area contributed by atoms with Crippen LogP contribution in [0.2, 0.25) is 0 Å². The second kappa shape index (κ2) is 7.14. The van der Waals surface area contributed by atoms with Gasteiger partial charge in [-0.3, -0.25) is 0 Å². The van der Waals surface area contributed by atoms with Gasteiger partial charge in [-0.15, -0.1) is 0 Å². The monoisotopic (exact) mass is 316 g/mol. The summed E-state index contributed by atoms with van der Waals surface area (Å²) in [6.07, 6.45) is 5.18. The Hall–Kier alpha value is -2.55. The number of ether oxygens (including phenoxy) is 2. The number of anilines is 1. The lowest BCUT2D eigenvalue weighted by Gasteiger charge is -2.22. The van der Waals surface area contributed by atoms with Crippen LogP contribution < -0.4 is 5.73 Å². The number of hydrogen-bond acceptors (Lipinski definition) is 6. The molecule has 1 aromatic carbocycles. The molecule has 0 fully saturated rings. The summed E-state index contributed by atoms with van der Waals surface area (Å²) in [6, 6.07) is 2.09. The zero-order valence-corrected chi connectivity index (χ0v) is 13.4. The molecule has 122 valence electrons. The Morgan fingerprint density at radius 1 is 0.957 bits per heavy atom. The van der Waals surface area contributed by atoms with Crippen molar-refractivity contribution in [1.82, 2.24) is 0 Å². The molecule has 0 aliphatic heterocycles. The number of nitrogens with zero attached hydrogens (tertiary/aromatic N) is 1. The quantitative estimate of drug-likeness (QED) is 0.664. The summed E-state index contributed by atoms with van der Waals surface area (Å²) in [6.45, 7) is 0. The van der Waals surface area contributed by atoms with Crippen molar-refractivity contribution >= 4 is 17.6 Å². The zero-order chi connectivity index (χ0) is 17.0. The Labute approximate surface area is 135 Å². The van der Waals surface area contributed by atoms with Crippen molar-refractivity contribution in [3.8, 4) is 6.07 Å². The Morgan fingerprint density at radius 2 is 1.48 bits per heavy atom. The molecule has 0 unspecified atom stereocenters. The van der Waals surface area contributed by atoms with Gasteiger partial charge in [-0.05, 0) is 36.8 Å². The second-order valence-corrected chi connectivity index (χ2v) is 5.50. The van der Waals surface area contributed by atoms with Gasteiger partial charge in [0.25, 0.3) is 0 Å². The lowest BCUT2D eigenvalue weighted by atomic mass is 9.83. The first-order valence-corrected chi connectivity index (χ1v) is 7.60. The summed E-state index contributed by atoms with van der Waals surface area (Å²) in [5.74, 6) is -1.36. The minimum Gasteiger partial charge on any atom is -0.465 e. The number of nitrogens with two attached hydrogens (primary N) is 1. The lowest BCUT2D eigenvalue weighted by molar-refractivity contribution is 0.0555. The van der Waals surface area contributed by atoms with Crippen LogP contribution in [-0.4, -0.2) is 26.2 Å². The zero-order valence-electron chi connectivity index (χ0n) is 13.4. The number of carbonyl (C=O) groups is 2. The Bertz CT molecular complexity index is 689. The van der Waals surface area contributed by atoms with E-state index in [2.05, 4.69) is 6.07 Å². The summed E-state index contributed by atoms with van der Waals surface area (Å²) >= 11 is 0. The van der Waals surface area contributed by atoms with E-state index in [-0.39, 0.29) is 22.4 Å². The minimum absolute atomic E-state index is 0.000858. The molecule has 1 aliphatic carbocycles. The summed E-state index contributed by atoms with van der Waals surface area (Å²) in [4.78, 5) is 24.5. The van der Waals surface area contributed by atoms with Gasteiger partial charge in [-0.1, -0.05) is 12.8 Å². The Kier molecular flexibility index (Phi) is 5.22. The van der Waals surface area contributed by atoms with E-state index in [0.29, 0.717) is 18.4 Å². The fourth-order valence-electron chi connectivity index (χ4n) is 3.15. The van der Waals surface area contributed by atoms with Crippen molar-refractivity contribution in [3.63, 3.8) is 0 Å². The average Bonchev–Trinajstić information content (AvgIpc) is 2.54. The first-order chi connectivity index (χ1) is 11.1. The van der Waals surface area contributed by atoms with E-state index in [1.165, 1.54) is 14.2 Å². The third-order valence-corrected chi connectivity index (χ3v) is 4.25. The first-order valence-electron chi connectivity index (χ1n) is 7.60. The SMILES string of the molecule is COC(=O)c1c(N)c(C#N)c2c(c1C(=O)OC)CCCCCC2. The van der Waals surface area contributed by atoms with Crippen LogP contribution in [0.15, 0.2) is 0 Å². The molecular formula is C17H20N2O4. The van der Waals surface area contributed by atoms with Gasteiger partial charge in [-0.2, -0.15) is 5.26 Å². The highest BCUT2D eigenvalue weighted by Crippen LogP contribution is 2.34. The predicted molar refractivity (Wildman–Crippen MR) is 84.1 cm³/mol. The number of carbonyl (C=O) groups excluding carboxylic acids is 2. The van der Waals surface area contributed by atoms with Crippen LogP contribution in [-0.2, 0) is 22.3 Å². The van der Waals surface area contributed by atoms with Crippen LogP contribution in [0.25, 0.3) is 0 Å². The van der Waals surface area contributed by atoms with E-state index >= 15 is 0 Å². The number of rotatable bonds is 2. The van der Waals surface area contributed by atoms with Crippen LogP contribution in [0.1, 0.15) is 63.1 Å². The molecule has 0 saturated heterocycles. The maximum atomic E-state index is 12.3. The molecule has 2 N–H and O–H groups in total. The molecule has 0 amide bonds. The molecule has 0 aromatic heterocycles. The number of benzene rings is 1. The molecule has 2 rings (SSSR count). The molecule has 0 saturated carbocycles. The highest BCUT2D eigenvalue weighted by atomic mass is 16.5. The lowest BCUT2D eigenvalue weighted by Crippen LogP contribution is -2.21. The fraction of sp³-hybridized carbons (Fsp3) is 0.471. The van der Waals surface area contributed by atoms with E-state index in [0.717, 1.165) is 31.2 Å². The van der Waals surface area contributed by atoms with Gasteiger partial charge in [0.2, 0.25) is 0 Å². The van der Waals surface area contributed by atoms with E-state index in [9.17, 15) is 14.9 Å². The number of nitriles is 1. The molecule has 0 atom stereocenters. The number of fused-ring (bicyclic) bond motifs is 1. The number of nitrogen functional groups attached to an aromatic ring is 1. The molecule has 0 bridgehead atoms. The van der Waals surface area contributed by atoms with E-state index in [1.807, 2.05) is 0 Å². The highest BCUT2D eigenvalue weighted by Gasteiger charge is 2.31. The predicted octanol–water partition coefficient (Wildman–Crippen LogP) is 2.37. The van der Waals surface area contributed by atoms with E-state index in [4.69, 9.17) is 15.2 Å². The average molecular weight is 316 g/mol. The van der Waals surface area contributed by atoms with Crippen molar-refractivity contribution in [3.05, 3.63) is 27.8 Å². The van der Waals surface area contributed by atoms with Crippen molar-refractivity contribution in [2.24, 2.45) is 0 Å². The normalized spacial score (nSPS) is 14.0. The Balaban J connectivity index is 2.87. The second-order valence-electron chi connectivity index (χ2n) is 5.50. The molecule has 0 spiro atoms. The van der Waals surface area contributed by atoms with Crippen LogP contribution in [0, 0.1) is 11.3 Å². The molecule has 0 heterocycles. The van der Waals surface area contributed by atoms with Crippen LogP contribution >= 0.6 is 0 Å². The summed E-state index contributed by atoms with van der Waals surface area (Å²) < 4.78 is 9.62. The van der Waals surface area contributed by atoms with Crippen LogP contribution in [0.4, 0.5) is 5.69 Å². The molecule has 1 aliphatic rings. The summed E-state index contributed by atoms with van der Waals surface area (Å²) in [5.41, 5.74) is 7.86. The third kappa shape index (κ3) is 3.00. The number of esters is 2. The highest BCUT2D eigenvalue weighted by molar-refractivity contribution is 6.09. The van der Waals surface area contributed by atoms with E-state index < -0.39 is 11.9 Å². The van der Waals surface area contributed by atoms with Crippen LogP contribution in [0.5, 0.6) is 0 Å². The smallest absolute Gasteiger partial charge is 0.340 e. The molecule has 23 heavy (non-hydrogen) atoms. The number of hydrogen-bond donors (Lipinski definition) is 1. The maximum Gasteiger partial charge on any atom is 0.340 e. The van der Waals surface area contributed by atoms with Gasteiger partial charge in [0.05, 0.1) is 36.6 Å². The van der Waals surface area contributed by atoms with E-state index in [1.54, 1.807) is 0 Å². The van der Waals surface area contributed by atoms with Crippen LogP contribution in [0.3, 0.4) is 0 Å². The maximum absolute atomic E-state index is 12.3. The molecule has 6 heteroatoms. The fourth-order valence-corrected chi connectivity index (χ4v) is 3.15. The standard InChI is InChI=1S/C17H20N2O4/c1-22-16(20)13-11-8-6-4-3-5-7-10(11)12(9-18)15(19)14(13)17(21)23-2/h3-8,19H2,1-2H3. The minimum atomic E-state index is -0.732. The first kappa shape index (κ1) is 16.8. The van der Waals surface area contributed by atoms with Gasteiger partial charge >= 0.3 is 11.9 Å². The number of methoxy groups -OCH3 is 2. The van der Waals surface area contributed by atoms with Crippen molar-refractivity contribution in [2.45, 2.75) is 38.5 Å². The van der Waals surface area contributed by atoms with Gasteiger partial charge in [0, 0.05) is 0 Å². The van der Waals surface area contributed by atoms with Crippen molar-refractivity contribution < 1.29 is 19.1 Å². The molecule has 1 aromatic rings. The van der Waals surface area contributed by atoms with Crippen molar-refractivity contribution in [2.75, 3.05) is 20.0 Å². The largest absolute Gasteiger partial charge is 0.465 e. The third-order valence-electron chi connectivity index (χ3n) is 4.25. The van der Waals surface area contributed by atoms with Gasteiger partial charge < -0.3 is 15.2 Å². The Morgan fingerprint density at radius 3 is 2.00 bits per heavy atom. The molecule has 0 radical (unpaired) electrons. The van der Waals surface area contributed by atoms with Gasteiger partial charge in [-0.25, -0.2) is 9.59 Å². The topological polar surface area (TPSA) is 102 Å². The van der Waals surface area contributed by atoms with Gasteiger partial charge in [0.1, 0.15) is 6.07 Å². The summed E-state index contributed by atoms with van der Waals surface area (Å²) in [5, 5.41) is 9.50. The van der Waals surface area contributed by atoms with Gasteiger partial charge in [0.15, 0.2) is 0 Å². The molecule has 6 nitrogen and oxygen atoms in total. The van der Waals surface area contributed by atoms with Crippen molar-refractivity contribution in [1.29, 1.82) is 5.26 Å². The molecular weight excluding hydrogens is 296 g/mol.